The molecule has 2 rings (SSSR count). The molecule has 0 aliphatic rings. The Bertz CT molecular complexity index is 1580. The van der Waals surface area contributed by atoms with Crippen LogP contribution in [0.5, 0.6) is 0 Å². The van der Waals surface area contributed by atoms with Gasteiger partial charge in [-0.25, -0.2) is 19.2 Å². The number of amides is 6. The number of unbranched alkanes of at least 4 members (excludes halogenated alkanes) is 1. The normalized spacial score (nSPS) is 13.6. The van der Waals surface area contributed by atoms with E-state index < -0.39 is 71.4 Å². The molecule has 0 aliphatic heterocycles. The van der Waals surface area contributed by atoms with Gasteiger partial charge in [-0.2, -0.15) is 0 Å². The van der Waals surface area contributed by atoms with Crippen molar-refractivity contribution in [3.05, 3.63) is 71.8 Å². The molecule has 0 saturated heterocycles. The molecule has 0 aromatic heterocycles. The molecule has 4 atom stereocenters. The Morgan fingerprint density at radius 3 is 1.75 bits per heavy atom. The van der Waals surface area contributed by atoms with Crippen molar-refractivity contribution >= 4 is 36.0 Å². The lowest BCUT2D eigenvalue weighted by Gasteiger charge is -2.31. The van der Waals surface area contributed by atoms with Crippen LogP contribution in [0.1, 0.15) is 98.2 Å². The number of ether oxygens (including phenoxy) is 2. The third-order valence-electron chi connectivity index (χ3n) is 8.25. The molecule has 0 aliphatic carbocycles. The minimum absolute atomic E-state index is 0.0139. The van der Waals surface area contributed by atoms with E-state index in [4.69, 9.17) is 9.47 Å². The van der Waals surface area contributed by atoms with Crippen LogP contribution in [0.4, 0.5) is 14.4 Å². The van der Waals surface area contributed by atoms with Gasteiger partial charge in [0.2, 0.25) is 11.8 Å². The maximum absolute atomic E-state index is 14.0. The number of carbonyl (C=O) groups excluding carboxylic acids is 5. The predicted molar refractivity (Wildman–Crippen MR) is 213 cm³/mol. The second-order valence-corrected chi connectivity index (χ2v) is 16.1. The fraction of sp³-hybridized carbons (Fsp3) is 0.561. The van der Waals surface area contributed by atoms with Crippen molar-refractivity contribution in [3.8, 4) is 0 Å². The number of carboxylic acid groups (broad SMARTS) is 1. The fourth-order valence-corrected chi connectivity index (χ4v) is 5.58. The van der Waals surface area contributed by atoms with E-state index in [2.05, 4.69) is 26.6 Å². The number of carboxylic acids is 1. The van der Waals surface area contributed by atoms with Gasteiger partial charge in [-0.05, 0) is 84.3 Å². The van der Waals surface area contributed by atoms with Gasteiger partial charge in [0, 0.05) is 26.6 Å². The number of likely N-dealkylation sites (N-methyl/N-ethyl adjacent to an activating group) is 1. The molecule has 0 heterocycles. The highest BCUT2D eigenvalue weighted by Crippen LogP contribution is 2.20. The smallest absolute Gasteiger partial charge is 0.407 e. The van der Waals surface area contributed by atoms with Gasteiger partial charge >= 0.3 is 24.2 Å². The van der Waals surface area contributed by atoms with Gasteiger partial charge in [-0.1, -0.05) is 74.5 Å². The van der Waals surface area contributed by atoms with Crippen LogP contribution in [0.3, 0.4) is 0 Å². The molecule has 2 aromatic rings. The van der Waals surface area contributed by atoms with Crippen LogP contribution in [0.15, 0.2) is 60.7 Å². The number of alkyl carbamates (subject to hydrolysis) is 2. The zero-order valence-corrected chi connectivity index (χ0v) is 34.3. The Balaban J connectivity index is 2.23. The summed E-state index contributed by atoms with van der Waals surface area (Å²) in [6.45, 7) is 14.5. The molecule has 6 amide bonds. The zero-order chi connectivity index (χ0) is 42.1. The van der Waals surface area contributed by atoms with Crippen molar-refractivity contribution in [1.82, 2.24) is 31.5 Å². The van der Waals surface area contributed by atoms with E-state index in [9.17, 15) is 33.9 Å². The number of nitrogens with zero attached hydrogens (tertiary/aromatic N) is 1. The minimum Gasteiger partial charge on any atom is -0.480 e. The quantitative estimate of drug-likeness (QED) is 0.102. The lowest BCUT2D eigenvalue weighted by Crippen LogP contribution is -2.57. The molecule has 6 N–H and O–H groups in total. The molecule has 2 aromatic carbocycles. The Hall–Kier alpha value is -5.34. The SMILES string of the molecule is CC(C)C[C@@H](NC(=O)[C@@H](Cc1ccccc1)NC(=O)N(C)C(CNC(=O)OC(C)(C)C)c1ccccc1)C(=O)N[C@H](CCCCNC(=O)OC(C)(C)C)C(=O)O. The third-order valence-corrected chi connectivity index (χ3v) is 8.25. The van der Waals surface area contributed by atoms with Gasteiger partial charge in [0.1, 0.15) is 29.3 Å². The largest absolute Gasteiger partial charge is 0.480 e. The molecule has 56 heavy (non-hydrogen) atoms. The molecule has 0 fully saturated rings. The third kappa shape index (κ3) is 18.3. The Labute approximate surface area is 331 Å². The topological polar surface area (TPSA) is 204 Å². The summed E-state index contributed by atoms with van der Waals surface area (Å²) in [5, 5.41) is 23.4. The summed E-state index contributed by atoms with van der Waals surface area (Å²) in [6.07, 6.45) is -0.0295. The van der Waals surface area contributed by atoms with E-state index in [1.807, 2.05) is 62.4 Å². The number of carbonyl (C=O) groups is 6. The van der Waals surface area contributed by atoms with Gasteiger partial charge in [-0.3, -0.25) is 9.59 Å². The van der Waals surface area contributed by atoms with E-state index >= 15 is 0 Å². The molecule has 1 unspecified atom stereocenters. The predicted octanol–water partition coefficient (Wildman–Crippen LogP) is 5.30. The van der Waals surface area contributed by atoms with E-state index in [-0.39, 0.29) is 38.3 Å². The molecule has 15 nitrogen and oxygen atoms in total. The molecule has 0 saturated carbocycles. The molecular weight excluding hydrogens is 720 g/mol. The highest BCUT2D eigenvalue weighted by Gasteiger charge is 2.32. The second-order valence-electron chi connectivity index (χ2n) is 16.1. The van der Waals surface area contributed by atoms with Crippen LogP contribution in [0, 0.1) is 5.92 Å². The lowest BCUT2D eigenvalue weighted by atomic mass is 10.00. The first-order valence-corrected chi connectivity index (χ1v) is 19.0. The van der Waals surface area contributed by atoms with E-state index in [1.54, 1.807) is 60.7 Å². The first kappa shape index (κ1) is 46.8. The molecule has 310 valence electrons. The summed E-state index contributed by atoms with van der Waals surface area (Å²) in [6, 6.07) is 13.4. The van der Waals surface area contributed by atoms with Crippen LogP contribution in [-0.2, 0) is 30.3 Å². The van der Waals surface area contributed by atoms with Crippen molar-refractivity contribution < 1.29 is 43.3 Å². The number of hydrogen-bond acceptors (Lipinski definition) is 8. The van der Waals surface area contributed by atoms with E-state index in [0.29, 0.717) is 12.8 Å². The van der Waals surface area contributed by atoms with Gasteiger partial charge in [-0.15, -0.1) is 0 Å². The Morgan fingerprint density at radius 2 is 1.21 bits per heavy atom. The minimum atomic E-state index is -1.24. The molecule has 0 spiro atoms. The van der Waals surface area contributed by atoms with Crippen LogP contribution in [-0.4, -0.2) is 95.5 Å². The van der Waals surface area contributed by atoms with Gasteiger partial charge in [0.15, 0.2) is 0 Å². The second kappa shape index (κ2) is 22.3. The summed E-state index contributed by atoms with van der Waals surface area (Å²) in [5.74, 6) is -2.62. The van der Waals surface area contributed by atoms with E-state index in [0.717, 1.165) is 11.1 Å². The number of rotatable bonds is 19. The van der Waals surface area contributed by atoms with E-state index in [1.165, 1.54) is 4.90 Å². The standard InChI is InChI=1S/C41H62N6O9/c1-27(2)24-31(34(48)44-30(36(50)51)22-16-17-23-42-38(53)55-40(3,4)5)45-35(49)32(25-28-18-12-10-13-19-28)46-37(52)47(9)33(29-20-14-11-15-21-29)26-43-39(54)56-41(6,7)8/h10-15,18-21,27,30-33H,16-17,22-26H2,1-9H3,(H,42,53)(H,43,54)(H,44,48)(H,45,49)(H,46,52)(H,50,51)/t30-,31-,32-,33?/m1/s1. The summed E-state index contributed by atoms with van der Waals surface area (Å²) in [5.41, 5.74) is 0.0984. The van der Waals surface area contributed by atoms with Crippen molar-refractivity contribution in [1.29, 1.82) is 0 Å². The number of urea groups is 1. The van der Waals surface area contributed by atoms with Crippen molar-refractivity contribution in [2.45, 2.75) is 123 Å². The lowest BCUT2D eigenvalue weighted by molar-refractivity contribution is -0.142. The summed E-state index contributed by atoms with van der Waals surface area (Å²) in [7, 11) is 1.55. The number of nitrogens with one attached hydrogen (secondary N) is 5. The monoisotopic (exact) mass is 782 g/mol. The molecule has 15 heteroatoms. The highest BCUT2D eigenvalue weighted by atomic mass is 16.6. The molecule has 0 radical (unpaired) electrons. The maximum Gasteiger partial charge on any atom is 0.407 e. The Morgan fingerprint density at radius 1 is 0.696 bits per heavy atom. The number of aliphatic carboxylic acids is 1. The molecular formula is C41H62N6O9. The maximum atomic E-state index is 14.0. The van der Waals surface area contributed by atoms with Crippen LogP contribution in [0.25, 0.3) is 0 Å². The first-order valence-electron chi connectivity index (χ1n) is 19.0. The van der Waals surface area contributed by atoms with Crippen molar-refractivity contribution in [2.24, 2.45) is 5.92 Å². The summed E-state index contributed by atoms with van der Waals surface area (Å²) < 4.78 is 10.6. The summed E-state index contributed by atoms with van der Waals surface area (Å²) >= 11 is 0. The number of benzene rings is 2. The van der Waals surface area contributed by atoms with Gasteiger partial charge < -0.3 is 46.1 Å². The average Bonchev–Trinajstić information content (AvgIpc) is 3.09. The van der Waals surface area contributed by atoms with Crippen molar-refractivity contribution in [3.63, 3.8) is 0 Å². The van der Waals surface area contributed by atoms with Gasteiger partial charge in [0.05, 0.1) is 6.04 Å². The average molecular weight is 783 g/mol. The zero-order valence-electron chi connectivity index (χ0n) is 34.3. The van der Waals surface area contributed by atoms with Crippen LogP contribution >= 0.6 is 0 Å². The Kier molecular flexibility index (Phi) is 18.6. The summed E-state index contributed by atoms with van der Waals surface area (Å²) in [4.78, 5) is 79.6. The van der Waals surface area contributed by atoms with Gasteiger partial charge in [0.25, 0.3) is 0 Å². The highest BCUT2D eigenvalue weighted by molar-refractivity contribution is 5.93. The van der Waals surface area contributed by atoms with Crippen LogP contribution in [0.2, 0.25) is 0 Å². The van der Waals surface area contributed by atoms with Crippen molar-refractivity contribution in [2.75, 3.05) is 20.1 Å². The van der Waals surface area contributed by atoms with Crippen LogP contribution < -0.4 is 26.6 Å². The first-order chi connectivity index (χ1) is 26.1. The fourth-order valence-electron chi connectivity index (χ4n) is 5.58. The number of hydrogen-bond donors (Lipinski definition) is 6. The molecule has 0 bridgehead atoms.